The fourth-order valence-electron chi connectivity index (χ4n) is 5.65. The van der Waals surface area contributed by atoms with Gasteiger partial charge in [-0.05, 0) is 42.6 Å². The number of anilines is 1. The van der Waals surface area contributed by atoms with Crippen molar-refractivity contribution >= 4 is 39.1 Å². The first-order valence-electron chi connectivity index (χ1n) is 12.9. The van der Waals surface area contributed by atoms with Crippen molar-refractivity contribution in [3.8, 4) is 5.95 Å². The average Bonchev–Trinajstić information content (AvgIpc) is 3.46. The van der Waals surface area contributed by atoms with Gasteiger partial charge in [0.2, 0.25) is 5.95 Å². The number of imidazole rings is 2. The van der Waals surface area contributed by atoms with Gasteiger partial charge < -0.3 is 23.9 Å². The molecule has 2 aliphatic rings. The first kappa shape index (κ1) is 25.3. The van der Waals surface area contributed by atoms with Gasteiger partial charge in [0.05, 0.1) is 30.1 Å². The summed E-state index contributed by atoms with van der Waals surface area (Å²) in [5.41, 5.74) is 1.69. The van der Waals surface area contributed by atoms with E-state index < -0.39 is 16.7 Å². The molecule has 1 aromatic carbocycles. The lowest BCUT2D eigenvalue weighted by atomic mass is 9.92. The third kappa shape index (κ3) is 4.37. The number of aliphatic hydroxyl groups is 1. The third-order valence-electron chi connectivity index (χ3n) is 7.40. The van der Waals surface area contributed by atoms with Gasteiger partial charge in [0.1, 0.15) is 17.2 Å². The molecule has 0 amide bonds. The highest BCUT2D eigenvalue weighted by Gasteiger charge is 2.40. The fourth-order valence-corrected chi connectivity index (χ4v) is 6.17. The highest BCUT2D eigenvalue weighted by Crippen LogP contribution is 2.35. The van der Waals surface area contributed by atoms with Crippen LogP contribution in [0.25, 0.3) is 28.1 Å². The van der Waals surface area contributed by atoms with Crippen molar-refractivity contribution < 1.29 is 18.6 Å². The number of rotatable bonds is 6. The molecule has 0 spiro atoms. The van der Waals surface area contributed by atoms with Crippen molar-refractivity contribution in [2.75, 3.05) is 50.2 Å². The summed E-state index contributed by atoms with van der Waals surface area (Å²) in [7, 11) is 1.85. The van der Waals surface area contributed by atoms with E-state index in [1.807, 2.05) is 40.4 Å². The molecule has 0 bridgehead atoms. The van der Waals surface area contributed by atoms with Crippen molar-refractivity contribution in [3.05, 3.63) is 35.9 Å². The van der Waals surface area contributed by atoms with Crippen LogP contribution in [0.5, 0.6) is 0 Å². The molecule has 1 N–H and O–H groups in total. The van der Waals surface area contributed by atoms with Crippen molar-refractivity contribution in [3.63, 3.8) is 0 Å². The molecule has 0 saturated carbocycles. The SMILES string of the molecule is CCc1nc2ccccc2n1-c1nc(N2CCOCC2)c2nc(C3(O)CCCN(CS(=O)[O-])C3)n(C)c2n1. The Morgan fingerprint density at radius 2 is 1.92 bits per heavy atom. The van der Waals surface area contributed by atoms with E-state index in [4.69, 9.17) is 24.7 Å². The Morgan fingerprint density at radius 3 is 2.68 bits per heavy atom. The number of benzene rings is 1. The number of aromatic nitrogens is 6. The molecule has 4 aromatic rings. The number of ether oxygens (including phenoxy) is 1. The zero-order valence-electron chi connectivity index (χ0n) is 21.5. The van der Waals surface area contributed by atoms with Crippen molar-refractivity contribution in [2.45, 2.75) is 31.8 Å². The number of hydrogen-bond donors (Lipinski definition) is 1. The molecule has 0 radical (unpaired) electrons. The molecule has 2 saturated heterocycles. The van der Waals surface area contributed by atoms with Crippen LogP contribution in [0.15, 0.2) is 24.3 Å². The lowest BCUT2D eigenvalue weighted by Gasteiger charge is -2.38. The molecular weight excluding hydrogens is 508 g/mol. The molecule has 5 heterocycles. The summed E-state index contributed by atoms with van der Waals surface area (Å²) >= 11 is -2.23. The van der Waals surface area contributed by atoms with Crippen LogP contribution in [0.3, 0.4) is 0 Å². The van der Waals surface area contributed by atoms with Gasteiger partial charge in [-0.3, -0.25) is 13.7 Å². The Hall–Kier alpha value is -2.97. The topological polar surface area (TPSA) is 137 Å². The van der Waals surface area contributed by atoms with Gasteiger partial charge >= 0.3 is 0 Å². The zero-order valence-corrected chi connectivity index (χ0v) is 22.4. The largest absolute Gasteiger partial charge is 0.771 e. The summed E-state index contributed by atoms with van der Waals surface area (Å²) in [6.07, 6.45) is 1.84. The molecule has 0 aliphatic carbocycles. The highest BCUT2D eigenvalue weighted by atomic mass is 32.2. The molecule has 12 nitrogen and oxygen atoms in total. The molecule has 13 heteroatoms. The standard InChI is InChI=1S/C25H32N8O4S/c1-3-19-26-17-7-4-5-8-18(17)33(19)24-28-21-20(22(29-24)32-11-13-37-14-12-32)27-23(30(21)2)25(34)9-6-10-31(15-25)16-38(35)36/h4-5,7-8,34H,3,6,9-16H2,1-2H3,(H,35,36)/p-1. The second-order valence-corrected chi connectivity index (χ2v) is 10.8. The molecule has 2 fully saturated rings. The van der Waals surface area contributed by atoms with Gasteiger partial charge in [-0.15, -0.1) is 0 Å². The maximum atomic E-state index is 11.8. The summed E-state index contributed by atoms with van der Waals surface area (Å²) in [5, 5.41) is 11.8. The van der Waals surface area contributed by atoms with Crippen LogP contribution in [0.4, 0.5) is 5.82 Å². The van der Waals surface area contributed by atoms with Crippen LogP contribution in [0.1, 0.15) is 31.4 Å². The summed E-state index contributed by atoms with van der Waals surface area (Å²) in [6.45, 7) is 5.33. The van der Waals surface area contributed by atoms with Crippen LogP contribution in [0.2, 0.25) is 0 Å². The molecule has 202 valence electrons. The maximum absolute atomic E-state index is 11.8. The summed E-state index contributed by atoms with van der Waals surface area (Å²) in [6, 6.07) is 7.93. The molecular formula is C25H31N8O4S-. The number of piperidine rings is 1. The van der Waals surface area contributed by atoms with E-state index in [0.29, 0.717) is 80.9 Å². The van der Waals surface area contributed by atoms with Crippen LogP contribution in [-0.2, 0) is 34.9 Å². The number of morpholine rings is 1. The van der Waals surface area contributed by atoms with Gasteiger partial charge in [-0.2, -0.15) is 9.97 Å². The average molecular weight is 540 g/mol. The minimum Gasteiger partial charge on any atom is -0.771 e. The van der Waals surface area contributed by atoms with Gasteiger partial charge in [-0.1, -0.05) is 19.1 Å². The Bertz CT molecular complexity index is 1510. The Kier molecular flexibility index (Phi) is 6.64. The first-order chi connectivity index (χ1) is 18.4. The smallest absolute Gasteiger partial charge is 0.239 e. The Balaban J connectivity index is 1.54. The molecule has 2 atom stereocenters. The number of para-hydroxylation sites is 2. The molecule has 38 heavy (non-hydrogen) atoms. The molecule has 3 aromatic heterocycles. The van der Waals surface area contributed by atoms with E-state index in [1.165, 1.54) is 0 Å². The van der Waals surface area contributed by atoms with E-state index >= 15 is 0 Å². The van der Waals surface area contributed by atoms with E-state index in [0.717, 1.165) is 16.9 Å². The maximum Gasteiger partial charge on any atom is 0.239 e. The number of fused-ring (bicyclic) bond motifs is 2. The predicted molar refractivity (Wildman–Crippen MR) is 142 cm³/mol. The van der Waals surface area contributed by atoms with Gasteiger partial charge in [0.25, 0.3) is 0 Å². The molecule has 6 rings (SSSR count). The second kappa shape index (κ2) is 9.97. The van der Waals surface area contributed by atoms with Gasteiger partial charge in [0.15, 0.2) is 17.0 Å². The lowest BCUT2D eigenvalue weighted by molar-refractivity contribution is -0.0388. The fraction of sp³-hybridized carbons (Fsp3) is 0.520. The Morgan fingerprint density at radius 1 is 1.13 bits per heavy atom. The van der Waals surface area contributed by atoms with E-state index in [9.17, 15) is 13.9 Å². The van der Waals surface area contributed by atoms with E-state index in [1.54, 1.807) is 4.90 Å². The van der Waals surface area contributed by atoms with Crippen LogP contribution < -0.4 is 4.90 Å². The van der Waals surface area contributed by atoms with Crippen molar-refractivity contribution in [1.29, 1.82) is 0 Å². The Labute approximate surface area is 222 Å². The van der Waals surface area contributed by atoms with E-state index in [-0.39, 0.29) is 12.4 Å². The van der Waals surface area contributed by atoms with Crippen LogP contribution >= 0.6 is 0 Å². The predicted octanol–water partition coefficient (Wildman–Crippen LogP) is 1.22. The van der Waals surface area contributed by atoms with Gasteiger partial charge in [-0.25, -0.2) is 9.97 Å². The minimum absolute atomic E-state index is 0.122. The summed E-state index contributed by atoms with van der Waals surface area (Å²) in [4.78, 5) is 23.6. The lowest BCUT2D eigenvalue weighted by Crippen LogP contribution is -2.48. The van der Waals surface area contributed by atoms with Crippen molar-refractivity contribution in [1.82, 2.24) is 34.0 Å². The first-order valence-corrected chi connectivity index (χ1v) is 14.2. The number of likely N-dealkylation sites (tertiary alicyclic amines) is 1. The third-order valence-corrected chi connectivity index (χ3v) is 7.98. The van der Waals surface area contributed by atoms with Crippen molar-refractivity contribution in [2.24, 2.45) is 7.05 Å². The normalized spacial score (nSPS) is 21.9. The zero-order chi connectivity index (χ0) is 26.4. The molecule has 2 unspecified atom stereocenters. The second-order valence-electron chi connectivity index (χ2n) is 9.94. The van der Waals surface area contributed by atoms with Crippen LogP contribution in [-0.4, -0.2) is 93.1 Å². The number of hydrogen-bond acceptors (Lipinski definition) is 10. The number of nitrogens with zero attached hydrogens (tertiary/aromatic N) is 8. The monoisotopic (exact) mass is 539 g/mol. The summed E-state index contributed by atoms with van der Waals surface area (Å²) in [5.74, 6) is 2.38. The van der Waals surface area contributed by atoms with Crippen LogP contribution in [0, 0.1) is 0 Å². The number of β-amino-alcohol motifs (C(OH)–C–C–N with tert-alkyl or cyclic N) is 1. The summed E-state index contributed by atoms with van der Waals surface area (Å²) < 4.78 is 32.1. The van der Waals surface area contributed by atoms with Gasteiger partial charge in [0, 0.05) is 33.1 Å². The number of aryl methyl sites for hydroxylation is 2. The molecule has 2 aliphatic heterocycles. The highest BCUT2D eigenvalue weighted by molar-refractivity contribution is 7.79. The van der Waals surface area contributed by atoms with E-state index in [2.05, 4.69) is 11.8 Å². The minimum atomic E-state index is -2.23. The quantitative estimate of drug-likeness (QED) is 0.356.